The van der Waals surface area contributed by atoms with Crippen LogP contribution in [0.5, 0.6) is 0 Å². The standard InChI is InChI=1S/C16H10F2N2O/c17-11-4-5-13(14(18)8-11)16(21)20-15-3-1-2-10-9-19-7-6-12(10)15/h1-9H,(H,20,21). The van der Waals surface area contributed by atoms with Gasteiger partial charge in [0.25, 0.3) is 5.91 Å². The van der Waals surface area contributed by atoms with Gasteiger partial charge in [0, 0.05) is 34.9 Å². The molecule has 0 bridgehead atoms. The highest BCUT2D eigenvalue weighted by Crippen LogP contribution is 2.23. The number of rotatable bonds is 2. The van der Waals surface area contributed by atoms with Crippen molar-refractivity contribution < 1.29 is 13.6 Å². The number of aromatic nitrogens is 1. The van der Waals surface area contributed by atoms with Crippen molar-refractivity contribution in [2.24, 2.45) is 0 Å². The van der Waals surface area contributed by atoms with Gasteiger partial charge in [-0.05, 0) is 24.3 Å². The van der Waals surface area contributed by atoms with Crippen LogP contribution in [0.4, 0.5) is 14.5 Å². The maximum atomic E-state index is 13.6. The molecule has 3 rings (SSSR count). The summed E-state index contributed by atoms with van der Waals surface area (Å²) in [6.45, 7) is 0. The van der Waals surface area contributed by atoms with E-state index in [4.69, 9.17) is 0 Å². The Kier molecular flexibility index (Phi) is 3.31. The highest BCUT2D eigenvalue weighted by molar-refractivity contribution is 6.09. The lowest BCUT2D eigenvalue weighted by Crippen LogP contribution is -2.14. The van der Waals surface area contributed by atoms with Crippen LogP contribution in [0.2, 0.25) is 0 Å². The molecule has 21 heavy (non-hydrogen) atoms. The molecule has 3 nitrogen and oxygen atoms in total. The molecule has 1 aromatic heterocycles. The molecule has 0 radical (unpaired) electrons. The predicted octanol–water partition coefficient (Wildman–Crippen LogP) is 3.77. The molecule has 5 heteroatoms. The van der Waals surface area contributed by atoms with Crippen molar-refractivity contribution in [2.45, 2.75) is 0 Å². The van der Waals surface area contributed by atoms with E-state index in [9.17, 15) is 13.6 Å². The number of amides is 1. The third kappa shape index (κ3) is 2.58. The second-order valence-electron chi connectivity index (χ2n) is 4.48. The van der Waals surface area contributed by atoms with Gasteiger partial charge in [-0.2, -0.15) is 0 Å². The first-order chi connectivity index (χ1) is 10.1. The Labute approximate surface area is 119 Å². The number of hydrogen-bond donors (Lipinski definition) is 1. The Balaban J connectivity index is 1.97. The first kappa shape index (κ1) is 13.2. The van der Waals surface area contributed by atoms with Crippen LogP contribution < -0.4 is 5.32 Å². The summed E-state index contributed by atoms with van der Waals surface area (Å²) in [4.78, 5) is 16.1. The largest absolute Gasteiger partial charge is 0.321 e. The number of halogens is 2. The molecule has 1 heterocycles. The average Bonchev–Trinajstić information content (AvgIpc) is 2.47. The van der Waals surface area contributed by atoms with E-state index in [1.54, 1.807) is 30.6 Å². The molecule has 0 aliphatic carbocycles. The molecule has 1 N–H and O–H groups in total. The van der Waals surface area contributed by atoms with Crippen LogP contribution in [0, 0.1) is 11.6 Å². The summed E-state index contributed by atoms with van der Waals surface area (Å²) in [7, 11) is 0. The third-order valence-corrected chi connectivity index (χ3v) is 3.10. The lowest BCUT2D eigenvalue weighted by atomic mass is 10.1. The second-order valence-corrected chi connectivity index (χ2v) is 4.48. The third-order valence-electron chi connectivity index (χ3n) is 3.10. The van der Waals surface area contributed by atoms with E-state index < -0.39 is 17.5 Å². The van der Waals surface area contributed by atoms with E-state index in [0.29, 0.717) is 11.8 Å². The smallest absolute Gasteiger partial charge is 0.258 e. The van der Waals surface area contributed by atoms with Gasteiger partial charge in [-0.1, -0.05) is 12.1 Å². The summed E-state index contributed by atoms with van der Waals surface area (Å²) in [5.74, 6) is -2.24. The van der Waals surface area contributed by atoms with Crippen molar-refractivity contribution in [2.75, 3.05) is 5.32 Å². The lowest BCUT2D eigenvalue weighted by molar-refractivity contribution is 0.102. The second kappa shape index (κ2) is 5.28. The molecular weight excluding hydrogens is 274 g/mol. The quantitative estimate of drug-likeness (QED) is 0.778. The van der Waals surface area contributed by atoms with E-state index in [2.05, 4.69) is 10.3 Å². The van der Waals surface area contributed by atoms with Gasteiger partial charge in [0.05, 0.1) is 5.56 Å². The summed E-state index contributed by atoms with van der Waals surface area (Å²) in [5.41, 5.74) is 0.339. The minimum Gasteiger partial charge on any atom is -0.321 e. The molecule has 3 aromatic rings. The van der Waals surface area contributed by atoms with Crippen LogP contribution in [0.1, 0.15) is 10.4 Å². The first-order valence-corrected chi connectivity index (χ1v) is 6.24. The van der Waals surface area contributed by atoms with Gasteiger partial charge in [-0.25, -0.2) is 8.78 Å². The molecule has 2 aromatic carbocycles. The van der Waals surface area contributed by atoms with E-state index >= 15 is 0 Å². The van der Waals surface area contributed by atoms with E-state index in [-0.39, 0.29) is 5.56 Å². The maximum absolute atomic E-state index is 13.6. The van der Waals surface area contributed by atoms with Gasteiger partial charge in [-0.3, -0.25) is 9.78 Å². The predicted molar refractivity (Wildman–Crippen MR) is 76.1 cm³/mol. The van der Waals surface area contributed by atoms with Gasteiger partial charge in [0.2, 0.25) is 0 Å². The number of anilines is 1. The fourth-order valence-corrected chi connectivity index (χ4v) is 2.09. The van der Waals surface area contributed by atoms with Crippen LogP contribution in [0.25, 0.3) is 10.8 Å². The number of fused-ring (bicyclic) bond motifs is 1. The van der Waals surface area contributed by atoms with Gasteiger partial charge in [0.1, 0.15) is 11.6 Å². The highest BCUT2D eigenvalue weighted by atomic mass is 19.1. The molecule has 0 saturated heterocycles. The van der Waals surface area contributed by atoms with Crippen molar-refractivity contribution in [3.63, 3.8) is 0 Å². The van der Waals surface area contributed by atoms with Crippen molar-refractivity contribution >= 4 is 22.4 Å². The number of carbonyl (C=O) groups excluding carboxylic acids is 1. The first-order valence-electron chi connectivity index (χ1n) is 6.24. The molecule has 1 amide bonds. The fraction of sp³-hybridized carbons (Fsp3) is 0. The van der Waals surface area contributed by atoms with Gasteiger partial charge in [-0.15, -0.1) is 0 Å². The molecule has 0 fully saturated rings. The molecule has 0 atom stereocenters. The van der Waals surface area contributed by atoms with Crippen LogP contribution in [0.3, 0.4) is 0 Å². The Morgan fingerprint density at radius 3 is 2.76 bits per heavy atom. The molecule has 0 unspecified atom stereocenters. The molecule has 104 valence electrons. The summed E-state index contributed by atoms with van der Waals surface area (Å²) in [6.07, 6.45) is 3.28. The van der Waals surface area contributed by atoms with Crippen LogP contribution in [-0.4, -0.2) is 10.9 Å². The maximum Gasteiger partial charge on any atom is 0.258 e. The monoisotopic (exact) mass is 284 g/mol. The average molecular weight is 284 g/mol. The highest BCUT2D eigenvalue weighted by Gasteiger charge is 2.13. The minimum absolute atomic E-state index is 0.206. The van der Waals surface area contributed by atoms with Crippen LogP contribution in [-0.2, 0) is 0 Å². The zero-order valence-electron chi connectivity index (χ0n) is 10.8. The van der Waals surface area contributed by atoms with Gasteiger partial charge in [0.15, 0.2) is 0 Å². The Hall–Kier alpha value is -2.82. The van der Waals surface area contributed by atoms with Crippen molar-refractivity contribution in [1.29, 1.82) is 0 Å². The Bertz CT molecular complexity index is 828. The van der Waals surface area contributed by atoms with Gasteiger partial charge < -0.3 is 5.32 Å². The van der Waals surface area contributed by atoms with E-state index in [1.807, 2.05) is 6.07 Å². The molecule has 0 aliphatic heterocycles. The summed E-state index contributed by atoms with van der Waals surface area (Å²) < 4.78 is 26.5. The number of benzene rings is 2. The fourth-order valence-electron chi connectivity index (χ4n) is 2.09. The number of carbonyl (C=O) groups is 1. The summed E-state index contributed by atoms with van der Waals surface area (Å²) >= 11 is 0. The molecule has 0 saturated carbocycles. The molecule has 0 spiro atoms. The SMILES string of the molecule is O=C(Nc1cccc2cnccc12)c1ccc(F)cc1F. The summed E-state index contributed by atoms with van der Waals surface area (Å²) in [5, 5.41) is 4.28. The van der Waals surface area contributed by atoms with Crippen molar-refractivity contribution in [3.05, 3.63) is 72.1 Å². The topological polar surface area (TPSA) is 42.0 Å². The summed E-state index contributed by atoms with van der Waals surface area (Å²) in [6, 6.07) is 9.93. The van der Waals surface area contributed by atoms with Crippen molar-refractivity contribution in [3.8, 4) is 0 Å². The number of pyridine rings is 1. The number of nitrogens with one attached hydrogen (secondary N) is 1. The number of nitrogens with zero attached hydrogens (tertiary/aromatic N) is 1. The Morgan fingerprint density at radius 2 is 1.95 bits per heavy atom. The van der Waals surface area contributed by atoms with Gasteiger partial charge >= 0.3 is 0 Å². The van der Waals surface area contributed by atoms with E-state index in [1.165, 1.54) is 0 Å². The van der Waals surface area contributed by atoms with Crippen molar-refractivity contribution in [1.82, 2.24) is 4.98 Å². The molecular formula is C16H10F2N2O. The number of hydrogen-bond acceptors (Lipinski definition) is 2. The van der Waals surface area contributed by atoms with Crippen LogP contribution >= 0.6 is 0 Å². The molecule has 0 aliphatic rings. The van der Waals surface area contributed by atoms with E-state index in [0.717, 1.165) is 22.9 Å². The van der Waals surface area contributed by atoms with Crippen LogP contribution in [0.15, 0.2) is 54.9 Å². The lowest BCUT2D eigenvalue weighted by Gasteiger charge is -2.09. The normalized spacial score (nSPS) is 10.6. The zero-order valence-corrected chi connectivity index (χ0v) is 10.8. The Morgan fingerprint density at radius 1 is 1.10 bits per heavy atom. The minimum atomic E-state index is -0.894. The zero-order chi connectivity index (χ0) is 14.8.